The van der Waals surface area contributed by atoms with E-state index in [1.54, 1.807) is 16.4 Å². The van der Waals surface area contributed by atoms with E-state index in [1.165, 1.54) is 5.56 Å². The molecule has 166 valence electrons. The number of hydrogen-bond acceptors (Lipinski definition) is 7. The third-order valence-corrected chi connectivity index (χ3v) is 5.89. The summed E-state index contributed by atoms with van der Waals surface area (Å²) in [5.41, 5.74) is 3.36. The highest BCUT2D eigenvalue weighted by atomic mass is 35.5. The monoisotopic (exact) mass is 461 g/mol. The maximum atomic E-state index is 6.54. The zero-order valence-electron chi connectivity index (χ0n) is 18.1. The molecule has 31 heavy (non-hydrogen) atoms. The van der Waals surface area contributed by atoms with Crippen molar-refractivity contribution in [1.29, 1.82) is 0 Å². The molecule has 0 unspecified atom stereocenters. The number of aromatic nitrogens is 4. The number of nitrogens with one attached hydrogen (secondary N) is 1. The number of hydrogen-bond donors (Lipinski definition) is 1. The summed E-state index contributed by atoms with van der Waals surface area (Å²) in [4.78, 5) is 0. The Morgan fingerprint density at radius 3 is 2.65 bits per heavy atom. The van der Waals surface area contributed by atoms with Crippen molar-refractivity contribution in [3.8, 4) is 11.5 Å². The van der Waals surface area contributed by atoms with Crippen LogP contribution in [-0.2, 0) is 20.2 Å². The zero-order chi connectivity index (χ0) is 22.1. The second kappa shape index (κ2) is 11.9. The quantitative estimate of drug-likeness (QED) is 0.316. The van der Waals surface area contributed by atoms with Gasteiger partial charge in [0.15, 0.2) is 11.5 Å². The molecule has 0 fully saturated rings. The minimum Gasteiger partial charge on any atom is -0.490 e. The van der Waals surface area contributed by atoms with Crippen molar-refractivity contribution in [2.45, 2.75) is 38.6 Å². The van der Waals surface area contributed by atoms with Gasteiger partial charge in [0, 0.05) is 19.3 Å². The van der Waals surface area contributed by atoms with Crippen molar-refractivity contribution in [2.24, 2.45) is 7.05 Å². The van der Waals surface area contributed by atoms with Crippen LogP contribution in [0.4, 0.5) is 0 Å². The lowest BCUT2D eigenvalue weighted by Gasteiger charge is -2.16. The SMILES string of the molecule is CCOc1cc(CNCCCSc2nnnn2C)cc(Cl)c1OCc1ccc(C)cc1. The first-order valence-corrected chi connectivity index (χ1v) is 11.6. The minimum atomic E-state index is 0.441. The van der Waals surface area contributed by atoms with Crippen molar-refractivity contribution in [3.63, 3.8) is 0 Å². The Morgan fingerprint density at radius 2 is 1.94 bits per heavy atom. The number of tetrazole rings is 1. The number of benzene rings is 2. The summed E-state index contributed by atoms with van der Waals surface area (Å²) >= 11 is 8.19. The summed E-state index contributed by atoms with van der Waals surface area (Å²) in [6, 6.07) is 12.2. The van der Waals surface area contributed by atoms with Crippen molar-refractivity contribution in [1.82, 2.24) is 25.5 Å². The summed E-state index contributed by atoms with van der Waals surface area (Å²) < 4.78 is 13.5. The van der Waals surface area contributed by atoms with E-state index in [1.807, 2.05) is 26.1 Å². The van der Waals surface area contributed by atoms with Crippen LogP contribution in [0.3, 0.4) is 0 Å². The fraction of sp³-hybridized carbons (Fsp3) is 0.409. The Morgan fingerprint density at radius 1 is 1.13 bits per heavy atom. The molecule has 0 bridgehead atoms. The average Bonchev–Trinajstić information content (AvgIpc) is 3.16. The molecule has 0 aliphatic rings. The van der Waals surface area contributed by atoms with Gasteiger partial charge < -0.3 is 14.8 Å². The van der Waals surface area contributed by atoms with E-state index in [4.69, 9.17) is 21.1 Å². The molecule has 0 aliphatic heterocycles. The van der Waals surface area contributed by atoms with Gasteiger partial charge in [-0.1, -0.05) is 53.2 Å². The number of aryl methyl sites for hydroxylation is 2. The molecule has 3 rings (SSSR count). The number of nitrogens with zero attached hydrogens (tertiary/aromatic N) is 4. The summed E-state index contributed by atoms with van der Waals surface area (Å²) in [5.74, 6) is 2.20. The Labute approximate surface area is 192 Å². The average molecular weight is 462 g/mol. The van der Waals surface area contributed by atoms with E-state index < -0.39 is 0 Å². The summed E-state index contributed by atoms with van der Waals surface area (Å²) in [6.07, 6.45) is 1.00. The number of thioether (sulfide) groups is 1. The summed E-state index contributed by atoms with van der Waals surface area (Å²) in [6.45, 7) is 6.58. The van der Waals surface area contributed by atoms with E-state index in [0.29, 0.717) is 36.3 Å². The maximum absolute atomic E-state index is 6.54. The molecule has 9 heteroatoms. The molecule has 1 N–H and O–H groups in total. The number of ether oxygens (including phenoxy) is 2. The van der Waals surface area contributed by atoms with Crippen molar-refractivity contribution < 1.29 is 9.47 Å². The highest BCUT2D eigenvalue weighted by Crippen LogP contribution is 2.37. The van der Waals surface area contributed by atoms with Crippen LogP contribution in [0.1, 0.15) is 30.0 Å². The molecular formula is C22H28ClN5O2S. The second-order valence-corrected chi connectivity index (χ2v) is 8.55. The van der Waals surface area contributed by atoms with Gasteiger partial charge in [-0.3, -0.25) is 0 Å². The fourth-order valence-corrected chi connectivity index (χ4v) is 3.98. The molecule has 0 saturated carbocycles. The van der Waals surface area contributed by atoms with Gasteiger partial charge in [0.25, 0.3) is 0 Å². The smallest absolute Gasteiger partial charge is 0.209 e. The normalized spacial score (nSPS) is 11.0. The summed E-state index contributed by atoms with van der Waals surface area (Å²) in [7, 11) is 1.84. The van der Waals surface area contributed by atoms with Crippen LogP contribution < -0.4 is 14.8 Å². The largest absolute Gasteiger partial charge is 0.490 e. The molecule has 1 aromatic heterocycles. The van der Waals surface area contributed by atoms with Gasteiger partial charge in [-0.05, 0) is 60.5 Å². The summed E-state index contributed by atoms with van der Waals surface area (Å²) in [5, 5.41) is 16.3. The van der Waals surface area contributed by atoms with E-state index in [-0.39, 0.29) is 0 Å². The Balaban J connectivity index is 1.51. The first-order valence-electron chi connectivity index (χ1n) is 10.3. The lowest BCUT2D eigenvalue weighted by Crippen LogP contribution is -2.15. The van der Waals surface area contributed by atoms with Crippen LogP contribution in [-0.4, -0.2) is 39.1 Å². The lowest BCUT2D eigenvalue weighted by atomic mass is 10.1. The number of halogens is 1. The Hall–Kier alpha value is -2.29. The highest BCUT2D eigenvalue weighted by molar-refractivity contribution is 7.99. The predicted molar refractivity (Wildman–Crippen MR) is 124 cm³/mol. The van der Waals surface area contributed by atoms with E-state index in [0.717, 1.165) is 35.0 Å². The van der Waals surface area contributed by atoms with Crippen LogP contribution in [0.25, 0.3) is 0 Å². The molecule has 0 amide bonds. The molecule has 0 radical (unpaired) electrons. The van der Waals surface area contributed by atoms with Crippen molar-refractivity contribution >= 4 is 23.4 Å². The van der Waals surface area contributed by atoms with Gasteiger partial charge >= 0.3 is 0 Å². The number of rotatable bonds is 12. The Bertz CT molecular complexity index is 965. The molecule has 3 aromatic rings. The van der Waals surface area contributed by atoms with Crippen LogP contribution in [0.2, 0.25) is 5.02 Å². The molecule has 0 saturated heterocycles. The Kier molecular flexibility index (Phi) is 8.99. The standard InChI is InChI=1S/C22H28ClN5O2S/c1-4-29-20-13-18(14-24-10-5-11-31-22-25-26-27-28(22)3)12-19(23)21(20)30-15-17-8-6-16(2)7-9-17/h6-9,12-13,24H,4-5,10-11,14-15H2,1-3H3. The molecular weight excluding hydrogens is 434 g/mol. The minimum absolute atomic E-state index is 0.441. The first-order chi connectivity index (χ1) is 15.1. The molecule has 2 aromatic carbocycles. The van der Waals surface area contributed by atoms with Crippen LogP contribution in [0, 0.1) is 6.92 Å². The van der Waals surface area contributed by atoms with Gasteiger partial charge in [-0.2, -0.15) is 0 Å². The van der Waals surface area contributed by atoms with Crippen LogP contribution in [0.15, 0.2) is 41.6 Å². The van der Waals surface area contributed by atoms with E-state index in [9.17, 15) is 0 Å². The van der Waals surface area contributed by atoms with Crippen LogP contribution in [0.5, 0.6) is 11.5 Å². The third kappa shape index (κ3) is 7.12. The van der Waals surface area contributed by atoms with E-state index >= 15 is 0 Å². The van der Waals surface area contributed by atoms with Crippen molar-refractivity contribution in [2.75, 3.05) is 18.9 Å². The molecule has 0 spiro atoms. The zero-order valence-corrected chi connectivity index (χ0v) is 19.7. The highest BCUT2D eigenvalue weighted by Gasteiger charge is 2.13. The molecule has 0 aliphatic carbocycles. The maximum Gasteiger partial charge on any atom is 0.209 e. The molecule has 1 heterocycles. The van der Waals surface area contributed by atoms with Gasteiger partial charge in [0.2, 0.25) is 5.16 Å². The lowest BCUT2D eigenvalue weighted by molar-refractivity contribution is 0.269. The van der Waals surface area contributed by atoms with E-state index in [2.05, 4.69) is 52.0 Å². The topological polar surface area (TPSA) is 74.1 Å². The second-order valence-electron chi connectivity index (χ2n) is 7.08. The van der Waals surface area contributed by atoms with Crippen LogP contribution >= 0.6 is 23.4 Å². The van der Waals surface area contributed by atoms with Gasteiger partial charge in [-0.15, -0.1) is 5.10 Å². The fourth-order valence-electron chi connectivity index (χ4n) is 2.90. The molecule has 0 atom stereocenters. The van der Waals surface area contributed by atoms with Gasteiger partial charge in [0.05, 0.1) is 11.6 Å². The third-order valence-electron chi connectivity index (χ3n) is 4.51. The van der Waals surface area contributed by atoms with Crippen molar-refractivity contribution in [3.05, 3.63) is 58.1 Å². The predicted octanol–water partition coefficient (Wildman–Crippen LogP) is 4.42. The van der Waals surface area contributed by atoms with Gasteiger partial charge in [0.1, 0.15) is 6.61 Å². The van der Waals surface area contributed by atoms with Gasteiger partial charge in [-0.25, -0.2) is 4.68 Å². The molecule has 7 nitrogen and oxygen atoms in total. The first kappa shape index (κ1) is 23.4.